The highest BCUT2D eigenvalue weighted by Crippen LogP contribution is 2.17. The molecule has 0 fully saturated rings. The Bertz CT molecular complexity index is 392. The van der Waals surface area contributed by atoms with E-state index in [4.69, 9.17) is 5.26 Å². The number of thiophene rings is 1. The first-order valence-electron chi connectivity index (χ1n) is 5.49. The second kappa shape index (κ2) is 6.29. The fourth-order valence-electron chi connectivity index (χ4n) is 1.49. The Morgan fingerprint density at radius 2 is 2.38 bits per heavy atom. The lowest BCUT2D eigenvalue weighted by Crippen LogP contribution is -2.33. The molecule has 0 aliphatic heterocycles. The van der Waals surface area contributed by atoms with Crippen LogP contribution in [0, 0.1) is 11.3 Å². The minimum Gasteiger partial charge on any atom is -0.336 e. The van der Waals surface area contributed by atoms with E-state index in [-0.39, 0.29) is 11.9 Å². The summed E-state index contributed by atoms with van der Waals surface area (Å²) >= 11 is 1.43. The van der Waals surface area contributed by atoms with E-state index in [0.717, 1.165) is 23.3 Å². The molecule has 0 radical (unpaired) electrons. The van der Waals surface area contributed by atoms with E-state index >= 15 is 0 Å². The van der Waals surface area contributed by atoms with Crippen molar-refractivity contribution in [3.63, 3.8) is 0 Å². The number of nitriles is 1. The molecule has 86 valence electrons. The van der Waals surface area contributed by atoms with Gasteiger partial charge in [0.1, 0.15) is 6.04 Å². The minimum atomic E-state index is -0.371. The Labute approximate surface area is 100 Å². The smallest absolute Gasteiger partial charge is 0.262 e. The maximum absolute atomic E-state index is 11.9. The summed E-state index contributed by atoms with van der Waals surface area (Å²) in [5, 5.41) is 13.5. The zero-order valence-corrected chi connectivity index (χ0v) is 10.4. The average Bonchev–Trinajstić information content (AvgIpc) is 2.76. The Hall–Kier alpha value is -1.34. The molecular formula is C12H16N2OS. The summed E-state index contributed by atoms with van der Waals surface area (Å²) in [5.41, 5.74) is 1.05. The Balaban J connectivity index is 2.68. The summed E-state index contributed by atoms with van der Waals surface area (Å²) in [5.74, 6) is -0.119. The summed E-state index contributed by atoms with van der Waals surface area (Å²) in [6.45, 7) is 4.02. The van der Waals surface area contributed by atoms with Gasteiger partial charge in [0.25, 0.3) is 5.91 Å². The van der Waals surface area contributed by atoms with Crippen molar-refractivity contribution in [2.24, 2.45) is 0 Å². The van der Waals surface area contributed by atoms with Crippen LogP contribution in [0.15, 0.2) is 11.4 Å². The lowest BCUT2D eigenvalue weighted by molar-refractivity contribution is 0.0947. The first-order valence-corrected chi connectivity index (χ1v) is 6.37. The fraction of sp³-hybridized carbons (Fsp3) is 0.500. The van der Waals surface area contributed by atoms with Gasteiger partial charge in [-0.2, -0.15) is 5.26 Å². The van der Waals surface area contributed by atoms with Crippen LogP contribution < -0.4 is 5.32 Å². The zero-order chi connectivity index (χ0) is 12.0. The van der Waals surface area contributed by atoms with Gasteiger partial charge in [-0.05, 0) is 29.9 Å². The van der Waals surface area contributed by atoms with E-state index in [2.05, 4.69) is 11.4 Å². The molecule has 1 amide bonds. The topological polar surface area (TPSA) is 52.9 Å². The van der Waals surface area contributed by atoms with E-state index in [1.165, 1.54) is 11.3 Å². The van der Waals surface area contributed by atoms with Gasteiger partial charge in [0.05, 0.1) is 10.9 Å². The quantitative estimate of drug-likeness (QED) is 0.854. The molecule has 0 unspecified atom stereocenters. The van der Waals surface area contributed by atoms with E-state index in [9.17, 15) is 4.79 Å². The molecule has 0 saturated heterocycles. The molecule has 0 aliphatic carbocycles. The molecule has 0 bridgehead atoms. The molecule has 0 aromatic carbocycles. The molecule has 0 spiro atoms. The molecule has 1 aromatic rings. The van der Waals surface area contributed by atoms with Crippen LogP contribution in [-0.4, -0.2) is 11.9 Å². The van der Waals surface area contributed by atoms with Crippen molar-refractivity contribution in [3.05, 3.63) is 21.9 Å². The third-order valence-electron chi connectivity index (χ3n) is 2.37. The third kappa shape index (κ3) is 3.07. The maximum atomic E-state index is 11.9. The van der Waals surface area contributed by atoms with Gasteiger partial charge < -0.3 is 5.32 Å². The normalized spacial score (nSPS) is 11.8. The van der Waals surface area contributed by atoms with Gasteiger partial charge in [-0.15, -0.1) is 11.3 Å². The van der Waals surface area contributed by atoms with Crippen molar-refractivity contribution >= 4 is 17.2 Å². The van der Waals surface area contributed by atoms with Crippen LogP contribution in [0.2, 0.25) is 0 Å². The highest BCUT2D eigenvalue weighted by Gasteiger charge is 2.15. The largest absolute Gasteiger partial charge is 0.336 e. The van der Waals surface area contributed by atoms with Crippen LogP contribution in [-0.2, 0) is 6.42 Å². The molecule has 3 nitrogen and oxygen atoms in total. The summed E-state index contributed by atoms with van der Waals surface area (Å²) in [6.07, 6.45) is 2.44. The number of aryl methyl sites for hydroxylation is 1. The molecule has 1 atom stereocenters. The van der Waals surface area contributed by atoms with Crippen molar-refractivity contribution < 1.29 is 4.79 Å². The highest BCUT2D eigenvalue weighted by atomic mass is 32.1. The Morgan fingerprint density at radius 3 is 2.94 bits per heavy atom. The molecular weight excluding hydrogens is 220 g/mol. The number of carbonyl (C=O) groups excluding carboxylic acids is 1. The van der Waals surface area contributed by atoms with E-state index in [1.807, 2.05) is 25.3 Å². The molecule has 1 rings (SSSR count). The summed E-state index contributed by atoms with van der Waals surface area (Å²) < 4.78 is 0. The predicted octanol–water partition coefficient (Wildman–Crippen LogP) is 2.73. The molecule has 0 aliphatic rings. The minimum absolute atomic E-state index is 0.119. The van der Waals surface area contributed by atoms with Crippen LogP contribution in [0.5, 0.6) is 0 Å². The number of amides is 1. The van der Waals surface area contributed by atoms with Crippen LogP contribution in [0.3, 0.4) is 0 Å². The maximum Gasteiger partial charge on any atom is 0.262 e. The second-order valence-corrected chi connectivity index (χ2v) is 4.49. The summed E-state index contributed by atoms with van der Waals surface area (Å²) in [7, 11) is 0. The predicted molar refractivity (Wildman–Crippen MR) is 65.5 cm³/mol. The Kier molecular flexibility index (Phi) is 5.00. The van der Waals surface area contributed by atoms with Gasteiger partial charge in [0.15, 0.2) is 0 Å². The molecule has 16 heavy (non-hydrogen) atoms. The Morgan fingerprint density at radius 1 is 1.62 bits per heavy atom. The van der Waals surface area contributed by atoms with Crippen molar-refractivity contribution in [2.45, 2.75) is 39.2 Å². The van der Waals surface area contributed by atoms with Crippen LogP contribution in [0.4, 0.5) is 0 Å². The number of nitrogens with zero attached hydrogens (tertiary/aromatic N) is 1. The molecule has 1 N–H and O–H groups in total. The number of hydrogen-bond acceptors (Lipinski definition) is 3. The highest BCUT2D eigenvalue weighted by molar-refractivity contribution is 7.12. The fourth-order valence-corrected chi connectivity index (χ4v) is 2.39. The van der Waals surface area contributed by atoms with Crippen LogP contribution in [0.25, 0.3) is 0 Å². The zero-order valence-electron chi connectivity index (χ0n) is 9.62. The third-order valence-corrected chi connectivity index (χ3v) is 3.33. The van der Waals surface area contributed by atoms with Gasteiger partial charge in [-0.1, -0.05) is 20.3 Å². The monoisotopic (exact) mass is 236 g/mol. The van der Waals surface area contributed by atoms with Gasteiger partial charge in [0.2, 0.25) is 0 Å². The summed E-state index contributed by atoms with van der Waals surface area (Å²) in [4.78, 5) is 12.6. The van der Waals surface area contributed by atoms with Gasteiger partial charge in [-0.25, -0.2) is 0 Å². The van der Waals surface area contributed by atoms with Crippen LogP contribution >= 0.6 is 11.3 Å². The number of hydrogen-bond donors (Lipinski definition) is 1. The van der Waals surface area contributed by atoms with Gasteiger partial charge in [-0.3, -0.25) is 4.79 Å². The molecule has 1 heterocycles. The lowest BCUT2D eigenvalue weighted by atomic mass is 10.1. The van der Waals surface area contributed by atoms with Gasteiger partial charge in [0, 0.05) is 0 Å². The first-order chi connectivity index (χ1) is 7.72. The van der Waals surface area contributed by atoms with Gasteiger partial charge >= 0.3 is 0 Å². The average molecular weight is 236 g/mol. The van der Waals surface area contributed by atoms with Crippen molar-refractivity contribution in [1.29, 1.82) is 5.26 Å². The SMILES string of the molecule is CCC[C@@H](C#N)NC(=O)c1sccc1CC. The standard InChI is InChI=1S/C12H16N2OS/c1-3-5-10(8-13)14-12(15)11-9(4-2)6-7-16-11/h6-7,10H,3-5H2,1-2H3,(H,14,15)/t10-/m0/s1. The molecule has 0 saturated carbocycles. The first kappa shape index (κ1) is 12.7. The molecule has 4 heteroatoms. The van der Waals surface area contributed by atoms with Crippen LogP contribution in [0.1, 0.15) is 41.9 Å². The second-order valence-electron chi connectivity index (χ2n) is 3.57. The number of carbonyl (C=O) groups is 1. The lowest BCUT2D eigenvalue weighted by Gasteiger charge is -2.10. The van der Waals surface area contributed by atoms with E-state index < -0.39 is 0 Å². The molecule has 1 aromatic heterocycles. The van der Waals surface area contributed by atoms with E-state index in [0.29, 0.717) is 6.42 Å². The van der Waals surface area contributed by atoms with Crippen molar-refractivity contribution in [1.82, 2.24) is 5.32 Å². The van der Waals surface area contributed by atoms with Crippen molar-refractivity contribution in [3.8, 4) is 6.07 Å². The number of rotatable bonds is 5. The van der Waals surface area contributed by atoms with E-state index in [1.54, 1.807) is 0 Å². The summed E-state index contributed by atoms with van der Waals surface area (Å²) in [6, 6.07) is 3.69. The number of nitrogens with one attached hydrogen (secondary N) is 1. The van der Waals surface area contributed by atoms with Crippen molar-refractivity contribution in [2.75, 3.05) is 0 Å².